The van der Waals surface area contributed by atoms with E-state index < -0.39 is 0 Å². The Hall–Kier alpha value is -1.55. The van der Waals surface area contributed by atoms with Crippen molar-refractivity contribution in [3.05, 3.63) is 24.3 Å². The Labute approximate surface area is 125 Å². The Morgan fingerprint density at radius 1 is 1.29 bits per heavy atom. The highest BCUT2D eigenvalue weighted by Crippen LogP contribution is 2.46. The Kier molecular flexibility index (Phi) is 3.44. The number of benzene rings is 1. The van der Waals surface area contributed by atoms with Gasteiger partial charge in [0.15, 0.2) is 5.82 Å². The number of hydrogen-bond acceptors (Lipinski definition) is 3. The summed E-state index contributed by atoms with van der Waals surface area (Å²) < 4.78 is 0. The number of aromatic amines is 1. The minimum absolute atomic E-state index is 0.0984. The number of anilines is 1. The van der Waals surface area contributed by atoms with Gasteiger partial charge in [-0.05, 0) is 42.2 Å². The van der Waals surface area contributed by atoms with E-state index >= 15 is 0 Å². The van der Waals surface area contributed by atoms with Crippen molar-refractivity contribution in [2.45, 2.75) is 46.1 Å². The normalized spacial score (nSPS) is 28.7. The first kappa shape index (κ1) is 14.4. The first-order chi connectivity index (χ1) is 9.87. The third-order valence-corrected chi connectivity index (χ3v) is 4.57. The van der Waals surface area contributed by atoms with Crippen molar-refractivity contribution >= 4 is 16.7 Å². The smallest absolute Gasteiger partial charge is 0.155 e. The van der Waals surface area contributed by atoms with Crippen LogP contribution in [-0.4, -0.2) is 28.0 Å². The first-order valence-electron chi connectivity index (χ1n) is 7.72. The molecule has 1 aromatic heterocycles. The van der Waals surface area contributed by atoms with E-state index in [-0.39, 0.29) is 16.9 Å². The molecule has 0 unspecified atom stereocenters. The van der Waals surface area contributed by atoms with Crippen molar-refractivity contribution < 1.29 is 5.11 Å². The van der Waals surface area contributed by atoms with Crippen LogP contribution in [0.4, 0.5) is 5.82 Å². The maximum absolute atomic E-state index is 10.2. The summed E-state index contributed by atoms with van der Waals surface area (Å²) in [7, 11) is 0. The van der Waals surface area contributed by atoms with E-state index in [4.69, 9.17) is 0 Å². The topological polar surface area (TPSA) is 60.9 Å². The lowest BCUT2D eigenvalue weighted by Gasteiger charge is -2.45. The number of aromatic nitrogens is 2. The van der Waals surface area contributed by atoms with Gasteiger partial charge in [0, 0.05) is 11.9 Å². The van der Waals surface area contributed by atoms with Crippen LogP contribution in [0.2, 0.25) is 0 Å². The summed E-state index contributed by atoms with van der Waals surface area (Å²) in [5.74, 6) is 0.907. The van der Waals surface area contributed by atoms with Crippen molar-refractivity contribution in [3.8, 4) is 0 Å². The van der Waals surface area contributed by atoms with Gasteiger partial charge < -0.3 is 10.4 Å². The van der Waals surface area contributed by atoms with Gasteiger partial charge in [-0.2, -0.15) is 5.10 Å². The minimum atomic E-state index is -0.198. The lowest BCUT2D eigenvalue weighted by molar-refractivity contribution is -0.00319. The zero-order valence-electron chi connectivity index (χ0n) is 13.1. The van der Waals surface area contributed by atoms with E-state index in [0.717, 1.165) is 42.5 Å². The molecule has 0 aliphatic heterocycles. The number of para-hydroxylation sites is 1. The van der Waals surface area contributed by atoms with Gasteiger partial charge in [-0.15, -0.1) is 0 Å². The van der Waals surface area contributed by atoms with E-state index in [2.05, 4.69) is 42.4 Å². The molecule has 1 saturated carbocycles. The van der Waals surface area contributed by atoms with Crippen LogP contribution >= 0.6 is 0 Å². The minimum Gasteiger partial charge on any atom is -0.393 e. The largest absolute Gasteiger partial charge is 0.393 e. The second-order valence-corrected chi connectivity index (χ2v) is 7.69. The van der Waals surface area contributed by atoms with Crippen LogP contribution in [0.5, 0.6) is 0 Å². The number of nitrogens with one attached hydrogen (secondary N) is 2. The Balaban J connectivity index is 1.74. The molecule has 114 valence electrons. The molecule has 1 fully saturated rings. The average Bonchev–Trinajstić information content (AvgIpc) is 2.77. The van der Waals surface area contributed by atoms with Gasteiger partial charge >= 0.3 is 0 Å². The van der Waals surface area contributed by atoms with Gasteiger partial charge in [0.25, 0.3) is 0 Å². The number of aliphatic hydroxyl groups is 1. The van der Waals surface area contributed by atoms with Gasteiger partial charge in [-0.3, -0.25) is 5.10 Å². The Bertz CT molecular complexity index is 634. The molecule has 1 aliphatic carbocycles. The van der Waals surface area contributed by atoms with Crippen LogP contribution in [0.25, 0.3) is 10.9 Å². The van der Waals surface area contributed by atoms with E-state index in [1.807, 2.05) is 18.2 Å². The maximum Gasteiger partial charge on any atom is 0.155 e. The molecule has 1 aromatic carbocycles. The molecule has 3 N–H and O–H groups in total. The second kappa shape index (κ2) is 5.02. The molecule has 3 rings (SSSR count). The molecule has 0 saturated heterocycles. The first-order valence-corrected chi connectivity index (χ1v) is 7.72. The number of rotatable bonds is 3. The van der Waals surface area contributed by atoms with Crippen molar-refractivity contribution in [1.82, 2.24) is 10.2 Å². The molecule has 2 atom stereocenters. The third kappa shape index (κ3) is 3.05. The van der Waals surface area contributed by atoms with Gasteiger partial charge in [-0.25, -0.2) is 0 Å². The average molecular weight is 287 g/mol. The van der Waals surface area contributed by atoms with Crippen molar-refractivity contribution in [2.75, 3.05) is 11.9 Å². The number of nitrogens with zero attached hydrogens (tertiary/aromatic N) is 1. The monoisotopic (exact) mass is 287 g/mol. The van der Waals surface area contributed by atoms with E-state index in [1.165, 1.54) is 0 Å². The quantitative estimate of drug-likeness (QED) is 0.809. The molecular weight excluding hydrogens is 262 g/mol. The fourth-order valence-electron chi connectivity index (χ4n) is 4.11. The Morgan fingerprint density at radius 3 is 2.81 bits per heavy atom. The van der Waals surface area contributed by atoms with Gasteiger partial charge in [-0.1, -0.05) is 32.9 Å². The summed E-state index contributed by atoms with van der Waals surface area (Å²) in [5.41, 5.74) is 1.34. The van der Waals surface area contributed by atoms with Crippen molar-refractivity contribution in [1.29, 1.82) is 0 Å². The highest BCUT2D eigenvalue weighted by molar-refractivity contribution is 5.89. The molecule has 0 radical (unpaired) electrons. The van der Waals surface area contributed by atoms with Crippen LogP contribution in [0.1, 0.15) is 40.0 Å². The van der Waals surface area contributed by atoms with E-state index in [1.54, 1.807) is 0 Å². The SMILES string of the molecule is CC1(C)C[C@H](O)C[C@](C)(CNc2n[nH]c3ccccc23)C1. The fraction of sp³-hybridized carbons (Fsp3) is 0.588. The lowest BCUT2D eigenvalue weighted by Crippen LogP contribution is -2.42. The van der Waals surface area contributed by atoms with Gasteiger partial charge in [0.1, 0.15) is 0 Å². The van der Waals surface area contributed by atoms with Crippen LogP contribution in [-0.2, 0) is 0 Å². The number of hydrogen-bond donors (Lipinski definition) is 3. The Morgan fingerprint density at radius 2 is 2.05 bits per heavy atom. The third-order valence-electron chi connectivity index (χ3n) is 4.57. The lowest BCUT2D eigenvalue weighted by atomic mass is 9.63. The maximum atomic E-state index is 10.2. The zero-order valence-corrected chi connectivity index (χ0v) is 13.1. The van der Waals surface area contributed by atoms with Gasteiger partial charge in [0.05, 0.1) is 11.6 Å². The number of aliphatic hydroxyl groups excluding tert-OH is 1. The summed E-state index contributed by atoms with van der Waals surface area (Å²) in [6.45, 7) is 7.59. The molecule has 21 heavy (non-hydrogen) atoms. The number of fused-ring (bicyclic) bond motifs is 1. The van der Waals surface area contributed by atoms with E-state index in [0.29, 0.717) is 0 Å². The summed E-state index contributed by atoms with van der Waals surface area (Å²) in [4.78, 5) is 0. The van der Waals surface area contributed by atoms with Crippen LogP contribution < -0.4 is 5.32 Å². The summed E-state index contributed by atoms with van der Waals surface area (Å²) in [6.07, 6.45) is 2.67. The molecule has 1 aliphatic rings. The molecule has 4 nitrogen and oxygen atoms in total. The van der Waals surface area contributed by atoms with Gasteiger partial charge in [0.2, 0.25) is 0 Å². The second-order valence-electron chi connectivity index (χ2n) is 7.69. The fourth-order valence-corrected chi connectivity index (χ4v) is 4.11. The van der Waals surface area contributed by atoms with Crippen molar-refractivity contribution in [3.63, 3.8) is 0 Å². The molecule has 1 heterocycles. The predicted octanol–water partition coefficient (Wildman–Crippen LogP) is 3.55. The van der Waals surface area contributed by atoms with Crippen LogP contribution in [0.15, 0.2) is 24.3 Å². The highest BCUT2D eigenvalue weighted by Gasteiger charge is 2.40. The van der Waals surface area contributed by atoms with E-state index in [9.17, 15) is 5.11 Å². The van der Waals surface area contributed by atoms with Crippen LogP contribution in [0, 0.1) is 10.8 Å². The molecule has 4 heteroatoms. The molecule has 0 amide bonds. The summed E-state index contributed by atoms with van der Waals surface area (Å²) in [5, 5.41) is 22.2. The molecule has 0 bridgehead atoms. The predicted molar refractivity (Wildman–Crippen MR) is 86.3 cm³/mol. The molecular formula is C17H25N3O. The molecule has 2 aromatic rings. The van der Waals surface area contributed by atoms with Crippen molar-refractivity contribution in [2.24, 2.45) is 10.8 Å². The highest BCUT2D eigenvalue weighted by atomic mass is 16.3. The molecule has 0 spiro atoms. The van der Waals surface area contributed by atoms with Crippen LogP contribution in [0.3, 0.4) is 0 Å². The summed E-state index contributed by atoms with van der Waals surface area (Å²) in [6, 6.07) is 8.13. The standard InChI is InChI=1S/C17H25N3O/c1-16(2)8-12(21)9-17(3,10-16)11-18-15-13-6-4-5-7-14(13)19-20-15/h4-7,12,21H,8-11H2,1-3H3,(H2,18,19,20)/t12-,17-/m0/s1. The summed E-state index contributed by atoms with van der Waals surface area (Å²) >= 11 is 0. The number of H-pyrrole nitrogens is 1. The zero-order chi connectivity index (χ0) is 15.1.